The van der Waals surface area contributed by atoms with Crippen molar-refractivity contribution in [2.24, 2.45) is 0 Å². The van der Waals surface area contributed by atoms with Gasteiger partial charge in [-0.25, -0.2) is 0 Å². The molecule has 5 heavy (non-hydrogen) atoms. The number of hydrogen-bond acceptors (Lipinski definition) is 0. The van der Waals surface area contributed by atoms with Gasteiger partial charge in [0.15, 0.2) is 0 Å². The molecule has 0 aromatic heterocycles. The van der Waals surface area contributed by atoms with Gasteiger partial charge in [-0.3, -0.25) is 0 Å². The van der Waals surface area contributed by atoms with E-state index in [0.717, 1.165) is 0 Å². The summed E-state index contributed by atoms with van der Waals surface area (Å²) in [4.78, 5) is -0.222. The number of rotatable bonds is 0. The van der Waals surface area contributed by atoms with Gasteiger partial charge in [-0.15, -0.1) is 23.2 Å². The van der Waals surface area contributed by atoms with E-state index in [4.69, 9.17) is 23.2 Å². The molecule has 0 saturated carbocycles. The van der Waals surface area contributed by atoms with Crippen molar-refractivity contribution in [3.63, 3.8) is 0 Å². The van der Waals surface area contributed by atoms with Crippen LogP contribution in [0.2, 0.25) is 0 Å². The monoisotopic (exact) mass is 309 g/mol. The van der Waals surface area contributed by atoms with Gasteiger partial charge in [0.25, 0.3) is 0 Å². The molecule has 0 heterocycles. The Labute approximate surface area is 61.0 Å². The Hall–Kier alpha value is 1.46. The zero-order valence-electron chi connectivity index (χ0n) is 2.74. The molecular formula is C2H5AtCl2. The average Bonchev–Trinajstić information content (AvgIpc) is 0.811. The van der Waals surface area contributed by atoms with Crippen molar-refractivity contribution in [1.29, 1.82) is 0 Å². The molecule has 0 spiro atoms. The second-order valence-corrected chi connectivity index (χ2v) is 2.05. The molecule has 0 aliphatic heterocycles. The van der Waals surface area contributed by atoms with E-state index in [1.165, 1.54) is 0 Å². The molecule has 0 saturated heterocycles. The Morgan fingerprint density at radius 3 is 1.40 bits per heavy atom. The van der Waals surface area contributed by atoms with Crippen LogP contribution in [-0.4, -0.2) is 4.84 Å². The van der Waals surface area contributed by atoms with E-state index in [-0.39, 0.29) is 31.0 Å². The molecular weight excluding hydrogens is 305 g/mol. The Kier molecular flexibility index (Phi) is 10.6. The minimum absolute atomic E-state index is 0. The van der Waals surface area contributed by atoms with Crippen LogP contribution in [0.1, 0.15) is 6.92 Å². The van der Waals surface area contributed by atoms with Gasteiger partial charge in [-0.1, -0.05) is 0 Å². The van der Waals surface area contributed by atoms with Crippen LogP contribution in [0.3, 0.4) is 0 Å². The van der Waals surface area contributed by atoms with Crippen molar-refractivity contribution in [2.75, 3.05) is 0 Å². The van der Waals surface area contributed by atoms with Crippen LogP contribution in [0.4, 0.5) is 0 Å². The molecule has 0 aromatic carbocycles. The predicted molar refractivity (Wildman–Crippen MR) is 22.6 cm³/mol. The molecule has 0 aliphatic rings. The first-order valence-electron chi connectivity index (χ1n) is 1.01. The maximum atomic E-state index is 5.04. The van der Waals surface area contributed by atoms with Gasteiger partial charge >= 0.3 is 26.2 Å². The Balaban J connectivity index is 0. The first kappa shape index (κ1) is 9.68. The van der Waals surface area contributed by atoms with Crippen molar-refractivity contribution >= 4 is 23.2 Å². The zero-order valence-corrected chi connectivity index (χ0v) is 7.43. The van der Waals surface area contributed by atoms with Crippen LogP contribution in [-0.2, 0) is 0 Å². The molecule has 0 fully saturated rings. The summed E-state index contributed by atoms with van der Waals surface area (Å²) in [5.74, 6) is 0. The van der Waals surface area contributed by atoms with Gasteiger partial charge in [0.1, 0.15) is 4.84 Å². The van der Waals surface area contributed by atoms with E-state index in [9.17, 15) is 0 Å². The first-order valence-corrected chi connectivity index (χ1v) is 1.89. The number of alkyl halides is 2. The van der Waals surface area contributed by atoms with Crippen LogP contribution in [0.5, 0.6) is 0 Å². The zero-order chi connectivity index (χ0) is 3.58. The second kappa shape index (κ2) is 5.46. The third-order valence-electron chi connectivity index (χ3n) is 0. The molecule has 0 nitrogen and oxygen atoms in total. The molecule has 0 unspecified atom stereocenters. The van der Waals surface area contributed by atoms with Gasteiger partial charge in [-0.05, 0) is 6.92 Å². The van der Waals surface area contributed by atoms with Gasteiger partial charge in [0, 0.05) is 0 Å². The van der Waals surface area contributed by atoms with Crippen LogP contribution in [0.15, 0.2) is 0 Å². The fourth-order valence-corrected chi connectivity index (χ4v) is 0. The summed E-state index contributed by atoms with van der Waals surface area (Å²) in [6.45, 7) is 1.70. The summed E-state index contributed by atoms with van der Waals surface area (Å²) in [5.41, 5.74) is 0. The molecule has 0 bridgehead atoms. The van der Waals surface area contributed by atoms with E-state index < -0.39 is 0 Å². The molecule has 0 N–H and O–H groups in total. The van der Waals surface area contributed by atoms with E-state index in [1.54, 1.807) is 6.92 Å². The van der Waals surface area contributed by atoms with Crippen LogP contribution in [0, 0.1) is 26.2 Å². The molecule has 34 valence electrons. The summed E-state index contributed by atoms with van der Waals surface area (Å²) in [6, 6.07) is 0. The average molecular weight is 310 g/mol. The van der Waals surface area contributed by atoms with E-state index in [1.807, 2.05) is 0 Å². The van der Waals surface area contributed by atoms with Gasteiger partial charge < -0.3 is 0 Å². The third kappa shape index (κ3) is 30.6. The van der Waals surface area contributed by atoms with Crippen molar-refractivity contribution in [3.05, 3.63) is 0 Å². The van der Waals surface area contributed by atoms with Crippen molar-refractivity contribution in [2.45, 2.75) is 11.8 Å². The predicted octanol–water partition coefficient (Wildman–Crippen LogP) is 1.54. The SMILES string of the molecule is CC(Cl)Cl.[AtH]. The molecule has 0 aliphatic carbocycles. The van der Waals surface area contributed by atoms with Crippen LogP contribution < -0.4 is 0 Å². The molecule has 0 amide bonds. The fraction of sp³-hybridized carbons (Fsp3) is 1.00. The summed E-state index contributed by atoms with van der Waals surface area (Å²) >= 11 is 10.1. The summed E-state index contributed by atoms with van der Waals surface area (Å²) in [6.07, 6.45) is 0. The Morgan fingerprint density at radius 1 is 1.40 bits per heavy atom. The summed E-state index contributed by atoms with van der Waals surface area (Å²) < 4.78 is 0. The van der Waals surface area contributed by atoms with E-state index in [2.05, 4.69) is 0 Å². The maximum absolute atomic E-state index is 5.04. The van der Waals surface area contributed by atoms with Crippen molar-refractivity contribution in [3.8, 4) is 0 Å². The normalized spacial score (nSPS) is 7.20. The van der Waals surface area contributed by atoms with Crippen molar-refractivity contribution in [1.82, 2.24) is 0 Å². The first-order chi connectivity index (χ1) is 1.73. The fourth-order valence-electron chi connectivity index (χ4n) is 0. The minimum atomic E-state index is -0.222. The van der Waals surface area contributed by atoms with Crippen molar-refractivity contribution < 1.29 is 26.2 Å². The standard InChI is InChI=1S/C2H4Cl2.AtH/c1-2(3)4;/h2H,1H3;1H. The summed E-state index contributed by atoms with van der Waals surface area (Å²) in [7, 11) is 0. The summed E-state index contributed by atoms with van der Waals surface area (Å²) in [5, 5.41) is 0. The number of hydrogen-bond donors (Lipinski definition) is 0. The van der Waals surface area contributed by atoms with Crippen LogP contribution >= 0.6 is 23.2 Å². The van der Waals surface area contributed by atoms with E-state index in [0.29, 0.717) is 0 Å². The molecule has 0 radical (unpaired) electrons. The van der Waals surface area contributed by atoms with Gasteiger partial charge in [0.2, 0.25) is 0 Å². The third-order valence-corrected chi connectivity index (χ3v) is 0. The topological polar surface area (TPSA) is 0 Å². The van der Waals surface area contributed by atoms with E-state index >= 15 is 0 Å². The van der Waals surface area contributed by atoms with Gasteiger partial charge in [0.05, 0.1) is 0 Å². The quantitative estimate of drug-likeness (QED) is 0.596. The molecule has 3 heteroatoms. The second-order valence-electron chi connectivity index (χ2n) is 0.519. The Bertz CT molecular complexity index is 12.4. The number of halogens is 2. The molecule has 0 atom stereocenters. The van der Waals surface area contributed by atoms with Gasteiger partial charge in [-0.2, -0.15) is 0 Å². The molecule has 0 aromatic rings. The van der Waals surface area contributed by atoms with Crippen LogP contribution in [0.25, 0.3) is 0 Å². The molecule has 0 rings (SSSR count). The Morgan fingerprint density at radius 2 is 1.40 bits per heavy atom.